The fourth-order valence-corrected chi connectivity index (χ4v) is 1.82. The number of nitrogens with zero attached hydrogens (tertiary/aromatic N) is 1. The van der Waals surface area contributed by atoms with Crippen LogP contribution in [0.25, 0.3) is 0 Å². The van der Waals surface area contributed by atoms with Crippen LogP contribution in [0.5, 0.6) is 0 Å². The Kier molecular flexibility index (Phi) is 3.76. The molecule has 0 aliphatic rings. The summed E-state index contributed by atoms with van der Waals surface area (Å²) < 4.78 is 0. The maximum Gasteiger partial charge on any atom is 0.124 e. The van der Waals surface area contributed by atoms with E-state index in [0.717, 1.165) is 22.6 Å². The van der Waals surface area contributed by atoms with Gasteiger partial charge in [0.1, 0.15) is 5.84 Å². The van der Waals surface area contributed by atoms with Gasteiger partial charge < -0.3 is 5.73 Å². The summed E-state index contributed by atoms with van der Waals surface area (Å²) in [5.41, 5.74) is 6.21. The van der Waals surface area contributed by atoms with Crippen LogP contribution in [-0.2, 0) is 0 Å². The first-order valence-corrected chi connectivity index (χ1v) is 5.15. The van der Waals surface area contributed by atoms with E-state index in [1.807, 2.05) is 0 Å². The summed E-state index contributed by atoms with van der Waals surface area (Å²) in [6.45, 7) is 2.12. The van der Waals surface area contributed by atoms with Crippen molar-refractivity contribution in [3.8, 4) is 0 Å². The molecule has 0 spiro atoms. The molecule has 0 aromatic carbocycles. The molecule has 0 fully saturated rings. The van der Waals surface area contributed by atoms with Crippen molar-refractivity contribution in [2.45, 2.75) is 18.2 Å². The van der Waals surface area contributed by atoms with Crippen LogP contribution in [0.15, 0.2) is 23.4 Å². The number of aromatic nitrogens is 1. The molecular weight excluding hydrogens is 182 g/mol. The van der Waals surface area contributed by atoms with Gasteiger partial charge >= 0.3 is 0 Å². The van der Waals surface area contributed by atoms with Gasteiger partial charge in [0.05, 0.1) is 0 Å². The molecule has 0 aliphatic heterocycles. The Balaban J connectivity index is 2.84. The van der Waals surface area contributed by atoms with E-state index in [2.05, 4.69) is 11.9 Å². The molecule has 1 aromatic rings. The van der Waals surface area contributed by atoms with Gasteiger partial charge in [-0.25, -0.2) is 0 Å². The molecule has 4 heteroatoms. The van der Waals surface area contributed by atoms with E-state index in [4.69, 9.17) is 11.1 Å². The number of nitrogen functional groups attached to an aromatic ring is 1. The Morgan fingerprint density at radius 3 is 3.08 bits per heavy atom. The second-order valence-electron chi connectivity index (χ2n) is 2.63. The van der Waals surface area contributed by atoms with E-state index in [0.29, 0.717) is 0 Å². The third kappa shape index (κ3) is 2.73. The first kappa shape index (κ1) is 10.1. The molecule has 0 saturated heterocycles. The summed E-state index contributed by atoms with van der Waals surface area (Å²) in [6, 6.07) is 1.78. The van der Waals surface area contributed by atoms with Crippen molar-refractivity contribution >= 4 is 17.6 Å². The highest BCUT2D eigenvalue weighted by molar-refractivity contribution is 7.99. The number of rotatable bonds is 4. The molecule has 0 aliphatic carbocycles. The van der Waals surface area contributed by atoms with Crippen molar-refractivity contribution in [1.29, 1.82) is 5.41 Å². The molecule has 0 radical (unpaired) electrons. The van der Waals surface area contributed by atoms with E-state index in [-0.39, 0.29) is 5.84 Å². The van der Waals surface area contributed by atoms with Crippen molar-refractivity contribution in [2.24, 2.45) is 5.73 Å². The van der Waals surface area contributed by atoms with Gasteiger partial charge in [-0.2, -0.15) is 0 Å². The third-order valence-electron chi connectivity index (χ3n) is 1.54. The molecule has 3 N–H and O–H groups in total. The van der Waals surface area contributed by atoms with Gasteiger partial charge in [-0.15, -0.1) is 11.8 Å². The second-order valence-corrected chi connectivity index (χ2v) is 3.77. The number of hydrogen-bond acceptors (Lipinski definition) is 3. The normalized spacial score (nSPS) is 9.92. The molecule has 13 heavy (non-hydrogen) atoms. The van der Waals surface area contributed by atoms with Gasteiger partial charge in [0.15, 0.2) is 0 Å². The van der Waals surface area contributed by atoms with Gasteiger partial charge in [-0.05, 0) is 18.2 Å². The molecule has 1 aromatic heterocycles. The lowest BCUT2D eigenvalue weighted by Crippen LogP contribution is -2.12. The van der Waals surface area contributed by atoms with Crippen LogP contribution >= 0.6 is 11.8 Å². The third-order valence-corrected chi connectivity index (χ3v) is 2.79. The number of pyridine rings is 1. The summed E-state index contributed by atoms with van der Waals surface area (Å²) in [7, 11) is 0. The zero-order valence-electron chi connectivity index (χ0n) is 7.58. The minimum Gasteiger partial charge on any atom is -0.384 e. The largest absolute Gasteiger partial charge is 0.384 e. The highest BCUT2D eigenvalue weighted by Gasteiger charge is 2.04. The Morgan fingerprint density at radius 2 is 2.46 bits per heavy atom. The van der Waals surface area contributed by atoms with Crippen molar-refractivity contribution in [3.63, 3.8) is 0 Å². The zero-order chi connectivity index (χ0) is 9.68. The number of nitrogens with two attached hydrogens (primary N) is 1. The van der Waals surface area contributed by atoms with Crippen LogP contribution in [0.2, 0.25) is 0 Å². The smallest absolute Gasteiger partial charge is 0.124 e. The summed E-state index contributed by atoms with van der Waals surface area (Å²) in [5.74, 6) is 1.15. The first-order chi connectivity index (χ1) is 6.25. The molecule has 0 bridgehead atoms. The van der Waals surface area contributed by atoms with Crippen LogP contribution in [0.4, 0.5) is 0 Å². The van der Waals surface area contributed by atoms with Gasteiger partial charge in [-0.1, -0.05) is 6.92 Å². The van der Waals surface area contributed by atoms with Crippen molar-refractivity contribution in [3.05, 3.63) is 24.0 Å². The maximum atomic E-state index is 7.35. The van der Waals surface area contributed by atoms with Gasteiger partial charge in [-0.3, -0.25) is 10.4 Å². The quantitative estimate of drug-likeness (QED) is 0.438. The molecule has 0 saturated carbocycles. The highest BCUT2D eigenvalue weighted by Crippen LogP contribution is 2.21. The number of amidine groups is 1. The standard InChI is InChI=1S/C9H13N3S/c1-2-5-13-8-6-12-4-3-7(8)9(10)11/h3-4,6H,2,5H2,1H3,(H3,10,11). The molecule has 1 heterocycles. The van der Waals surface area contributed by atoms with Gasteiger partial charge in [0.2, 0.25) is 0 Å². The molecule has 0 unspecified atom stereocenters. The minimum atomic E-state index is 0.112. The average molecular weight is 195 g/mol. The zero-order valence-corrected chi connectivity index (χ0v) is 8.40. The lowest BCUT2D eigenvalue weighted by molar-refractivity contribution is 1.10. The predicted molar refractivity (Wildman–Crippen MR) is 56.3 cm³/mol. The predicted octanol–water partition coefficient (Wildman–Crippen LogP) is 1.87. The fraction of sp³-hybridized carbons (Fsp3) is 0.333. The number of thioether (sulfide) groups is 1. The van der Waals surface area contributed by atoms with Gasteiger partial charge in [0, 0.05) is 22.9 Å². The number of hydrogen-bond donors (Lipinski definition) is 2. The van der Waals surface area contributed by atoms with E-state index in [9.17, 15) is 0 Å². The monoisotopic (exact) mass is 195 g/mol. The van der Waals surface area contributed by atoms with Crippen LogP contribution in [0.3, 0.4) is 0 Å². The lowest BCUT2D eigenvalue weighted by atomic mass is 10.2. The fourth-order valence-electron chi connectivity index (χ4n) is 0.930. The topological polar surface area (TPSA) is 62.8 Å². The Bertz CT molecular complexity index is 299. The van der Waals surface area contributed by atoms with Crippen LogP contribution < -0.4 is 5.73 Å². The van der Waals surface area contributed by atoms with E-state index in [1.54, 1.807) is 30.2 Å². The summed E-state index contributed by atoms with van der Waals surface area (Å²) >= 11 is 1.69. The average Bonchev–Trinajstić information content (AvgIpc) is 2.15. The Labute approximate surface area is 82.3 Å². The van der Waals surface area contributed by atoms with E-state index >= 15 is 0 Å². The Hall–Kier alpha value is -1.03. The van der Waals surface area contributed by atoms with E-state index in [1.165, 1.54) is 0 Å². The van der Waals surface area contributed by atoms with Crippen molar-refractivity contribution in [1.82, 2.24) is 4.98 Å². The Morgan fingerprint density at radius 1 is 1.69 bits per heavy atom. The molecular formula is C9H13N3S. The molecule has 3 nitrogen and oxygen atoms in total. The second kappa shape index (κ2) is 4.87. The summed E-state index contributed by atoms with van der Waals surface area (Å²) in [6.07, 6.45) is 4.53. The van der Waals surface area contributed by atoms with Crippen molar-refractivity contribution in [2.75, 3.05) is 5.75 Å². The maximum absolute atomic E-state index is 7.35. The first-order valence-electron chi connectivity index (χ1n) is 4.17. The van der Waals surface area contributed by atoms with E-state index < -0.39 is 0 Å². The van der Waals surface area contributed by atoms with Crippen LogP contribution in [0, 0.1) is 5.41 Å². The van der Waals surface area contributed by atoms with Gasteiger partial charge in [0.25, 0.3) is 0 Å². The summed E-state index contributed by atoms with van der Waals surface area (Å²) in [5, 5.41) is 7.35. The summed E-state index contributed by atoms with van der Waals surface area (Å²) in [4.78, 5) is 5.00. The van der Waals surface area contributed by atoms with Crippen LogP contribution in [-0.4, -0.2) is 16.6 Å². The molecule has 0 atom stereocenters. The lowest BCUT2D eigenvalue weighted by Gasteiger charge is -2.05. The highest BCUT2D eigenvalue weighted by atomic mass is 32.2. The number of nitrogens with one attached hydrogen (secondary N) is 1. The van der Waals surface area contributed by atoms with Crippen molar-refractivity contribution < 1.29 is 0 Å². The minimum absolute atomic E-state index is 0.112. The SMILES string of the molecule is CCCSc1cnccc1C(=N)N. The molecule has 0 amide bonds. The van der Waals surface area contributed by atoms with Crippen LogP contribution in [0.1, 0.15) is 18.9 Å². The molecule has 1 rings (SSSR count). The molecule has 70 valence electrons.